The van der Waals surface area contributed by atoms with Crippen molar-refractivity contribution in [2.24, 2.45) is 0 Å². The van der Waals surface area contributed by atoms with Crippen molar-refractivity contribution in [3.05, 3.63) is 107 Å². The topological polar surface area (TPSA) is 153 Å². The third kappa shape index (κ3) is 6.90. The number of carbonyl (C=O) groups excluding carboxylic acids is 3. The van der Waals surface area contributed by atoms with E-state index in [9.17, 15) is 19.6 Å². The number of allylic oxidation sites excluding steroid dienone is 1. The van der Waals surface area contributed by atoms with E-state index in [0.29, 0.717) is 23.6 Å². The maximum absolute atomic E-state index is 14.1. The molecule has 3 aliphatic rings. The molecular formula is C41H42N8O5. The molecule has 0 saturated carbocycles. The fraction of sp³-hybridized carbons (Fsp3) is 0.317. The number of anilines is 3. The highest BCUT2D eigenvalue weighted by Gasteiger charge is 2.40. The Morgan fingerprint density at radius 1 is 0.963 bits per heavy atom. The predicted octanol–water partition coefficient (Wildman–Crippen LogP) is 6.74. The van der Waals surface area contributed by atoms with Gasteiger partial charge in [-0.2, -0.15) is 5.26 Å². The van der Waals surface area contributed by atoms with Gasteiger partial charge < -0.3 is 24.6 Å². The number of para-hydroxylation sites is 2. The van der Waals surface area contributed by atoms with Crippen molar-refractivity contribution in [3.63, 3.8) is 0 Å². The molecule has 1 saturated heterocycles. The van der Waals surface area contributed by atoms with Crippen LogP contribution in [-0.4, -0.2) is 82.3 Å². The maximum atomic E-state index is 14.1. The monoisotopic (exact) mass is 726 g/mol. The molecule has 1 atom stereocenters. The van der Waals surface area contributed by atoms with Gasteiger partial charge in [0.2, 0.25) is 5.95 Å². The maximum Gasteiger partial charge on any atom is 0.410 e. The first-order chi connectivity index (χ1) is 26.0. The van der Waals surface area contributed by atoms with Crippen molar-refractivity contribution < 1.29 is 23.9 Å². The Hall–Kier alpha value is -6.42. The van der Waals surface area contributed by atoms with Gasteiger partial charge >= 0.3 is 12.2 Å². The largest absolute Gasteiger partial charge is 0.448 e. The van der Waals surface area contributed by atoms with E-state index in [2.05, 4.69) is 38.8 Å². The summed E-state index contributed by atoms with van der Waals surface area (Å²) in [6.45, 7) is 9.74. The van der Waals surface area contributed by atoms with Crippen LogP contribution in [0.25, 0.3) is 16.7 Å². The smallest absolute Gasteiger partial charge is 0.410 e. The van der Waals surface area contributed by atoms with Gasteiger partial charge in [-0.25, -0.2) is 19.6 Å². The summed E-state index contributed by atoms with van der Waals surface area (Å²) >= 11 is 0. The zero-order valence-corrected chi connectivity index (χ0v) is 30.9. The van der Waals surface area contributed by atoms with Crippen LogP contribution in [0.1, 0.15) is 56.0 Å². The van der Waals surface area contributed by atoms with Crippen LogP contribution in [0.5, 0.6) is 0 Å². The number of hydrogen-bond acceptors (Lipinski definition) is 10. The Morgan fingerprint density at radius 3 is 2.30 bits per heavy atom. The SMILES string of the molecule is CCN1C(=C(C#N)c2nc(NC(=O)C3CN(C(=O)OC(C)(C)C)CCN3C(=O)OCC3c4ccccc4-c4ccccc43)ncc2C)Nc2ccccc21. The average Bonchev–Trinajstić information content (AvgIpc) is 3.69. The van der Waals surface area contributed by atoms with Crippen molar-refractivity contribution in [1.82, 2.24) is 19.8 Å². The highest BCUT2D eigenvalue weighted by Crippen LogP contribution is 2.44. The van der Waals surface area contributed by atoms with Gasteiger partial charge in [0.25, 0.3) is 5.91 Å². The number of benzene rings is 3. The number of fused-ring (bicyclic) bond motifs is 4. The normalized spacial score (nSPS) is 17.1. The summed E-state index contributed by atoms with van der Waals surface area (Å²) in [5.41, 5.74) is 6.59. The first-order valence-corrected chi connectivity index (χ1v) is 18.0. The minimum atomic E-state index is -1.16. The van der Waals surface area contributed by atoms with Crippen molar-refractivity contribution >= 4 is 41.0 Å². The molecule has 3 amide bonds. The predicted molar refractivity (Wildman–Crippen MR) is 204 cm³/mol. The first kappa shape index (κ1) is 36.0. The minimum Gasteiger partial charge on any atom is -0.448 e. The molecule has 1 fully saturated rings. The van der Waals surface area contributed by atoms with Crippen LogP contribution in [0.15, 0.2) is 84.8 Å². The Labute approximate surface area is 314 Å². The lowest BCUT2D eigenvalue weighted by atomic mass is 9.98. The van der Waals surface area contributed by atoms with Gasteiger partial charge in [-0.3, -0.25) is 15.0 Å². The number of ether oxygens (including phenoxy) is 2. The molecule has 0 spiro atoms. The van der Waals surface area contributed by atoms with Gasteiger partial charge in [-0.15, -0.1) is 0 Å². The lowest BCUT2D eigenvalue weighted by Gasteiger charge is -2.40. The Kier molecular flexibility index (Phi) is 9.68. The van der Waals surface area contributed by atoms with E-state index < -0.39 is 29.7 Å². The highest BCUT2D eigenvalue weighted by atomic mass is 16.6. The van der Waals surface area contributed by atoms with Crippen LogP contribution in [0, 0.1) is 18.3 Å². The molecule has 276 valence electrons. The second-order valence-corrected chi connectivity index (χ2v) is 14.4. The van der Waals surface area contributed by atoms with Crippen LogP contribution in [0.4, 0.5) is 26.9 Å². The average molecular weight is 727 g/mol. The summed E-state index contributed by atoms with van der Waals surface area (Å²) in [7, 11) is 0. The van der Waals surface area contributed by atoms with Crippen LogP contribution in [0.2, 0.25) is 0 Å². The molecule has 0 bridgehead atoms. The number of piperazine rings is 1. The molecule has 3 heterocycles. The molecule has 2 N–H and O–H groups in total. The van der Waals surface area contributed by atoms with Gasteiger partial charge in [0.1, 0.15) is 35.7 Å². The molecule has 0 radical (unpaired) electrons. The minimum absolute atomic E-state index is 0.0256. The highest BCUT2D eigenvalue weighted by molar-refractivity contribution is 5.97. The van der Waals surface area contributed by atoms with Gasteiger partial charge in [0.05, 0.1) is 23.6 Å². The zero-order chi connectivity index (χ0) is 38.1. The third-order valence-corrected chi connectivity index (χ3v) is 9.73. The molecule has 7 rings (SSSR count). The number of nitrogens with one attached hydrogen (secondary N) is 2. The van der Waals surface area contributed by atoms with Gasteiger partial charge in [-0.1, -0.05) is 60.7 Å². The summed E-state index contributed by atoms with van der Waals surface area (Å²) in [5.74, 6) is -0.291. The molecule has 13 nitrogen and oxygen atoms in total. The number of nitrogens with zero attached hydrogens (tertiary/aromatic N) is 6. The van der Waals surface area contributed by atoms with E-state index >= 15 is 0 Å². The fourth-order valence-corrected chi connectivity index (χ4v) is 7.22. The Morgan fingerprint density at radius 2 is 1.63 bits per heavy atom. The number of hydrogen-bond donors (Lipinski definition) is 2. The van der Waals surface area contributed by atoms with E-state index in [4.69, 9.17) is 9.47 Å². The number of aromatic nitrogens is 2. The van der Waals surface area contributed by atoms with Crippen LogP contribution in [-0.2, 0) is 14.3 Å². The fourth-order valence-electron chi connectivity index (χ4n) is 7.22. The van der Waals surface area contributed by atoms with Gasteiger partial charge in [-0.05, 0) is 74.6 Å². The zero-order valence-electron chi connectivity index (χ0n) is 30.9. The van der Waals surface area contributed by atoms with Crippen molar-refractivity contribution in [3.8, 4) is 17.2 Å². The second-order valence-electron chi connectivity index (χ2n) is 14.4. The van der Waals surface area contributed by atoms with E-state index in [1.165, 1.54) is 16.0 Å². The molecule has 1 aliphatic carbocycles. The van der Waals surface area contributed by atoms with Crippen molar-refractivity contribution in [1.29, 1.82) is 5.26 Å². The number of aryl methyl sites for hydroxylation is 1. The molecule has 1 unspecified atom stereocenters. The number of carbonyl (C=O) groups is 3. The Bertz CT molecular complexity index is 2160. The summed E-state index contributed by atoms with van der Waals surface area (Å²) in [6, 6.07) is 25.0. The quantitative estimate of drug-likeness (QED) is 0.204. The summed E-state index contributed by atoms with van der Waals surface area (Å²) in [4.78, 5) is 54.9. The van der Waals surface area contributed by atoms with Crippen LogP contribution in [0.3, 0.4) is 0 Å². The van der Waals surface area contributed by atoms with Crippen molar-refractivity contribution in [2.75, 3.05) is 48.3 Å². The number of amides is 3. The summed E-state index contributed by atoms with van der Waals surface area (Å²) in [5, 5.41) is 16.5. The molecule has 13 heteroatoms. The van der Waals surface area contributed by atoms with E-state index in [0.717, 1.165) is 33.6 Å². The van der Waals surface area contributed by atoms with E-state index in [1.54, 1.807) is 27.7 Å². The third-order valence-electron chi connectivity index (χ3n) is 9.73. The second kappa shape index (κ2) is 14.5. The van der Waals surface area contributed by atoms with Crippen LogP contribution < -0.4 is 15.5 Å². The molecule has 2 aliphatic heterocycles. The molecular weight excluding hydrogens is 685 g/mol. The standard InChI is InChI=1S/C41H42N8O5/c1-6-48-33-18-12-11-17-32(33)44-36(48)30(21-42)35-25(2)22-43-38(45-35)46-37(50)34-23-47(39(51)54-41(3,4)5)19-20-49(34)40(52)53-24-31-28-15-9-7-13-26(28)27-14-8-10-16-29(27)31/h7-18,22,31,34,44H,6,19-20,23-24H2,1-5H3,(H,43,45,46,50). The lowest BCUT2D eigenvalue weighted by Crippen LogP contribution is -2.61. The Balaban J connectivity index is 1.14. The molecule has 4 aromatic rings. The summed E-state index contributed by atoms with van der Waals surface area (Å²) in [6.07, 6.45) is 0.248. The number of nitriles is 1. The first-order valence-electron chi connectivity index (χ1n) is 18.0. The lowest BCUT2D eigenvalue weighted by molar-refractivity contribution is -0.122. The molecule has 1 aromatic heterocycles. The van der Waals surface area contributed by atoms with E-state index in [-0.39, 0.29) is 43.7 Å². The number of rotatable bonds is 6. The van der Waals surface area contributed by atoms with Gasteiger partial charge in [0, 0.05) is 31.7 Å². The van der Waals surface area contributed by atoms with Crippen LogP contribution >= 0.6 is 0 Å². The van der Waals surface area contributed by atoms with Crippen molar-refractivity contribution in [2.45, 2.75) is 52.2 Å². The van der Waals surface area contributed by atoms with E-state index in [1.807, 2.05) is 72.5 Å². The molecule has 54 heavy (non-hydrogen) atoms. The summed E-state index contributed by atoms with van der Waals surface area (Å²) < 4.78 is 11.6. The van der Waals surface area contributed by atoms with Gasteiger partial charge in [0.15, 0.2) is 0 Å². The molecule has 3 aromatic carbocycles.